The number of carboxylic acid groups (broad SMARTS) is 1. The van der Waals surface area contributed by atoms with Gasteiger partial charge in [-0.3, -0.25) is 10.1 Å². The number of rotatable bonds is 3. The van der Waals surface area contributed by atoms with Crippen molar-refractivity contribution in [1.82, 2.24) is 0 Å². The zero-order chi connectivity index (χ0) is 9.84. The van der Waals surface area contributed by atoms with Crippen LogP contribution < -0.4 is 0 Å². The first kappa shape index (κ1) is 9.40. The minimum absolute atomic E-state index is 0.0862. The number of thiophene rings is 1. The Kier molecular flexibility index (Phi) is 2.76. The fourth-order valence-corrected chi connectivity index (χ4v) is 1.53. The Balaban J connectivity index is 2.95. The second-order valence-electron chi connectivity index (χ2n) is 2.10. The van der Waals surface area contributed by atoms with Crippen LogP contribution in [0, 0.1) is 10.1 Å². The molecule has 0 saturated carbocycles. The first-order chi connectivity index (χ1) is 6.11. The minimum atomic E-state index is -1.08. The molecule has 0 aliphatic carbocycles. The van der Waals surface area contributed by atoms with E-state index < -0.39 is 10.9 Å². The summed E-state index contributed by atoms with van der Waals surface area (Å²) in [4.78, 5) is 20.2. The molecule has 0 amide bonds. The zero-order valence-corrected chi connectivity index (χ0v) is 7.15. The first-order valence-electron chi connectivity index (χ1n) is 3.23. The molecule has 0 bridgehead atoms. The van der Waals surface area contributed by atoms with Crippen LogP contribution in [0.2, 0.25) is 0 Å². The number of carboxylic acids is 1. The maximum atomic E-state index is 10.5. The van der Waals surface area contributed by atoms with Gasteiger partial charge in [-0.1, -0.05) is 0 Å². The Labute approximate surface area is 77.1 Å². The average molecular weight is 199 g/mol. The molecule has 0 fully saturated rings. The molecule has 13 heavy (non-hydrogen) atoms. The molecule has 5 nitrogen and oxygen atoms in total. The van der Waals surface area contributed by atoms with Crippen molar-refractivity contribution in [3.63, 3.8) is 0 Å². The number of hydrogen-bond acceptors (Lipinski definition) is 4. The fourth-order valence-electron chi connectivity index (χ4n) is 0.755. The fraction of sp³-hybridized carbons (Fsp3) is 0. The third-order valence-corrected chi connectivity index (χ3v) is 2.16. The monoisotopic (exact) mass is 199 g/mol. The van der Waals surface area contributed by atoms with E-state index in [9.17, 15) is 14.9 Å². The van der Waals surface area contributed by atoms with Crippen molar-refractivity contribution < 1.29 is 14.8 Å². The second kappa shape index (κ2) is 3.81. The molecular formula is C7H5NO4S. The highest BCUT2D eigenvalue weighted by Crippen LogP contribution is 2.18. The van der Waals surface area contributed by atoms with Gasteiger partial charge in [-0.15, -0.1) is 11.3 Å². The van der Waals surface area contributed by atoms with E-state index in [1.54, 1.807) is 5.38 Å². The second-order valence-corrected chi connectivity index (χ2v) is 3.05. The summed E-state index contributed by atoms with van der Waals surface area (Å²) >= 11 is 1.15. The van der Waals surface area contributed by atoms with Crippen LogP contribution >= 0.6 is 11.3 Å². The van der Waals surface area contributed by atoms with E-state index in [1.807, 2.05) is 0 Å². The lowest BCUT2D eigenvalue weighted by atomic mass is 10.2. The van der Waals surface area contributed by atoms with Crippen molar-refractivity contribution in [3.05, 3.63) is 38.2 Å². The third kappa shape index (κ3) is 2.38. The van der Waals surface area contributed by atoms with Gasteiger partial charge in [-0.25, -0.2) is 4.79 Å². The highest BCUT2D eigenvalue weighted by Gasteiger charge is 2.09. The number of hydrogen-bond donors (Lipinski definition) is 1. The zero-order valence-electron chi connectivity index (χ0n) is 6.34. The van der Waals surface area contributed by atoms with Crippen molar-refractivity contribution in [2.45, 2.75) is 0 Å². The van der Waals surface area contributed by atoms with Gasteiger partial charge in [0.15, 0.2) is 0 Å². The van der Waals surface area contributed by atoms with E-state index >= 15 is 0 Å². The van der Waals surface area contributed by atoms with E-state index in [1.165, 1.54) is 12.1 Å². The minimum Gasteiger partial charge on any atom is -0.478 e. The molecule has 0 aliphatic rings. The Hall–Kier alpha value is -1.69. The van der Waals surface area contributed by atoms with Crippen LogP contribution in [-0.2, 0) is 0 Å². The highest BCUT2D eigenvalue weighted by atomic mass is 32.1. The van der Waals surface area contributed by atoms with Gasteiger partial charge in [0, 0.05) is 11.0 Å². The lowest BCUT2D eigenvalue weighted by Crippen LogP contribution is -1.95. The molecule has 1 heterocycles. The summed E-state index contributed by atoms with van der Waals surface area (Å²) in [6.07, 6.45) is 1.90. The van der Waals surface area contributed by atoms with E-state index in [4.69, 9.17) is 5.11 Å². The molecule has 0 saturated heterocycles. The Morgan fingerprint density at radius 1 is 1.69 bits per heavy atom. The predicted molar refractivity (Wildman–Crippen MR) is 47.3 cm³/mol. The van der Waals surface area contributed by atoms with Crippen molar-refractivity contribution in [3.8, 4) is 0 Å². The van der Waals surface area contributed by atoms with Crippen LogP contribution in [0.4, 0.5) is 0 Å². The maximum absolute atomic E-state index is 10.5. The van der Waals surface area contributed by atoms with E-state index in [-0.39, 0.29) is 5.56 Å². The summed E-state index contributed by atoms with van der Waals surface area (Å²) in [7, 11) is 0. The van der Waals surface area contributed by atoms with Gasteiger partial charge in [0.05, 0.1) is 10.5 Å². The molecular weight excluding hydrogens is 194 g/mol. The quantitative estimate of drug-likeness (QED) is 0.593. The summed E-state index contributed by atoms with van der Waals surface area (Å²) in [6, 6.07) is 1.41. The summed E-state index contributed by atoms with van der Waals surface area (Å²) in [6.45, 7) is 0. The molecule has 0 spiro atoms. The molecule has 1 aromatic heterocycles. The summed E-state index contributed by atoms with van der Waals surface area (Å²) < 4.78 is 0. The number of carbonyl (C=O) groups is 1. The lowest BCUT2D eigenvalue weighted by molar-refractivity contribution is -0.400. The van der Waals surface area contributed by atoms with E-state index in [0.29, 0.717) is 4.88 Å². The molecule has 1 N–H and O–H groups in total. The molecule has 6 heteroatoms. The summed E-state index contributed by atoms with van der Waals surface area (Å²) in [5.41, 5.74) is 0.0862. The van der Waals surface area contributed by atoms with Gasteiger partial charge in [-0.05, 0) is 11.4 Å². The third-order valence-electron chi connectivity index (χ3n) is 1.27. The first-order valence-corrected chi connectivity index (χ1v) is 4.11. The van der Waals surface area contributed by atoms with Crippen LogP contribution in [0.3, 0.4) is 0 Å². The number of aromatic carboxylic acids is 1. The van der Waals surface area contributed by atoms with Crippen molar-refractivity contribution in [2.75, 3.05) is 0 Å². The molecule has 0 atom stereocenters. The molecule has 0 aliphatic heterocycles. The van der Waals surface area contributed by atoms with E-state index in [0.717, 1.165) is 17.5 Å². The summed E-state index contributed by atoms with van der Waals surface area (Å²) in [5, 5.41) is 20.1. The van der Waals surface area contributed by atoms with Crippen LogP contribution in [0.5, 0.6) is 0 Å². The SMILES string of the molecule is O=C(O)c1ccsc1/C=C\[N+](=O)[O-]. The largest absolute Gasteiger partial charge is 0.478 e. The van der Waals surface area contributed by atoms with E-state index in [2.05, 4.69) is 0 Å². The van der Waals surface area contributed by atoms with Gasteiger partial charge in [-0.2, -0.15) is 0 Å². The van der Waals surface area contributed by atoms with Crippen molar-refractivity contribution in [2.24, 2.45) is 0 Å². The number of nitrogens with zero attached hydrogens (tertiary/aromatic N) is 1. The molecule has 1 aromatic rings. The average Bonchev–Trinajstić information content (AvgIpc) is 2.47. The predicted octanol–water partition coefficient (Wildman–Crippen LogP) is 1.69. The van der Waals surface area contributed by atoms with Gasteiger partial charge >= 0.3 is 5.97 Å². The van der Waals surface area contributed by atoms with Crippen LogP contribution in [-0.4, -0.2) is 16.0 Å². The Morgan fingerprint density at radius 3 is 2.92 bits per heavy atom. The topological polar surface area (TPSA) is 80.4 Å². The van der Waals surface area contributed by atoms with Gasteiger partial charge in [0.25, 0.3) is 0 Å². The molecule has 0 aromatic carbocycles. The van der Waals surface area contributed by atoms with Crippen LogP contribution in [0.15, 0.2) is 17.6 Å². The van der Waals surface area contributed by atoms with Gasteiger partial charge in [0.1, 0.15) is 0 Å². The van der Waals surface area contributed by atoms with Crippen molar-refractivity contribution in [1.29, 1.82) is 0 Å². The van der Waals surface area contributed by atoms with Crippen LogP contribution in [0.1, 0.15) is 15.2 Å². The standard InChI is InChI=1S/C7H5NO4S/c9-7(10)5-2-4-13-6(5)1-3-8(11)12/h1-4H,(H,9,10)/b3-1-. The molecule has 68 valence electrons. The molecule has 0 radical (unpaired) electrons. The normalized spacial score (nSPS) is 10.5. The van der Waals surface area contributed by atoms with Crippen LogP contribution in [0.25, 0.3) is 6.08 Å². The molecule has 0 unspecified atom stereocenters. The van der Waals surface area contributed by atoms with Crippen molar-refractivity contribution >= 4 is 23.4 Å². The highest BCUT2D eigenvalue weighted by molar-refractivity contribution is 7.11. The molecule has 1 rings (SSSR count). The summed E-state index contributed by atoms with van der Waals surface area (Å²) in [5.74, 6) is -1.08. The Morgan fingerprint density at radius 2 is 2.38 bits per heavy atom. The maximum Gasteiger partial charge on any atom is 0.337 e. The number of nitro groups is 1. The van der Waals surface area contributed by atoms with Gasteiger partial charge in [0.2, 0.25) is 6.20 Å². The lowest BCUT2D eigenvalue weighted by Gasteiger charge is -1.88. The Bertz CT molecular complexity index is 368. The smallest absolute Gasteiger partial charge is 0.337 e. The van der Waals surface area contributed by atoms with Gasteiger partial charge < -0.3 is 5.11 Å².